The second kappa shape index (κ2) is 17.1. The van der Waals surface area contributed by atoms with Crippen molar-refractivity contribution in [3.05, 3.63) is 48.0 Å². The van der Waals surface area contributed by atoms with Gasteiger partial charge in [-0.05, 0) is 37.2 Å². The van der Waals surface area contributed by atoms with Crippen LogP contribution in [0.15, 0.2) is 42.5 Å². The second-order valence-corrected chi connectivity index (χ2v) is 10.0. The first-order valence-electron chi connectivity index (χ1n) is 13.7. The van der Waals surface area contributed by atoms with Crippen molar-refractivity contribution in [3.63, 3.8) is 0 Å². The summed E-state index contributed by atoms with van der Waals surface area (Å²) in [4.78, 5) is 36.9. The number of allylic oxidation sites excluding steroid dienone is 1. The van der Waals surface area contributed by atoms with Crippen LogP contribution in [0.3, 0.4) is 0 Å². The Balaban J connectivity index is 1.66. The molecule has 0 spiro atoms. The van der Waals surface area contributed by atoms with E-state index in [4.69, 9.17) is 4.74 Å². The van der Waals surface area contributed by atoms with Gasteiger partial charge in [0.1, 0.15) is 11.8 Å². The molecule has 1 aromatic rings. The van der Waals surface area contributed by atoms with Crippen LogP contribution in [-0.2, 0) is 25.5 Å². The number of benzene rings is 1. The fraction of sp³-hybridized carbons (Fsp3) is 0.633. The average molecular weight is 500 g/mol. The maximum Gasteiger partial charge on any atom is 0.328 e. The second-order valence-electron chi connectivity index (χ2n) is 10.0. The van der Waals surface area contributed by atoms with Gasteiger partial charge in [0.05, 0.1) is 13.2 Å². The molecule has 1 aromatic carbocycles. The van der Waals surface area contributed by atoms with Gasteiger partial charge in [0.25, 0.3) is 0 Å². The van der Waals surface area contributed by atoms with Crippen LogP contribution >= 0.6 is 0 Å². The molecular weight excluding hydrogens is 454 g/mol. The SMILES string of the molecule is CCCCC[C@H](O)C=C[C@@H]1CCC(=O)[C@@H]1CCCCCCC(=O)N[C@H](Cc1ccccc1)C(=O)OC. The number of Topliss-reactive ketones (excluding diaryl/α,β-unsaturated/α-hetero) is 1. The minimum Gasteiger partial charge on any atom is -0.467 e. The maximum absolute atomic E-state index is 12.4. The number of esters is 1. The number of methoxy groups -OCH3 is 1. The number of ketones is 1. The number of ether oxygens (including phenoxy) is 1. The van der Waals surface area contributed by atoms with Gasteiger partial charge in [-0.2, -0.15) is 0 Å². The lowest BCUT2D eigenvalue weighted by atomic mass is 9.89. The molecule has 0 aromatic heterocycles. The summed E-state index contributed by atoms with van der Waals surface area (Å²) < 4.78 is 4.86. The number of nitrogens with one attached hydrogen (secondary N) is 1. The van der Waals surface area contributed by atoms with Crippen LogP contribution in [-0.4, -0.2) is 42.0 Å². The number of hydrogen-bond acceptors (Lipinski definition) is 5. The van der Waals surface area contributed by atoms with Gasteiger partial charge in [0.15, 0.2) is 0 Å². The number of carbonyl (C=O) groups is 3. The highest BCUT2D eigenvalue weighted by Crippen LogP contribution is 2.34. The monoisotopic (exact) mass is 499 g/mol. The van der Waals surface area contributed by atoms with E-state index in [9.17, 15) is 19.5 Å². The summed E-state index contributed by atoms with van der Waals surface area (Å²) in [5.74, 6) is 0.0624. The van der Waals surface area contributed by atoms with Gasteiger partial charge in [0.2, 0.25) is 5.91 Å². The largest absolute Gasteiger partial charge is 0.467 e. The van der Waals surface area contributed by atoms with Crippen molar-refractivity contribution in [2.75, 3.05) is 7.11 Å². The van der Waals surface area contributed by atoms with Crippen molar-refractivity contribution in [3.8, 4) is 0 Å². The average Bonchev–Trinajstić information content (AvgIpc) is 3.23. The Hall–Kier alpha value is -2.47. The van der Waals surface area contributed by atoms with E-state index in [1.165, 1.54) is 7.11 Å². The molecule has 200 valence electrons. The number of hydrogen-bond donors (Lipinski definition) is 2. The third-order valence-corrected chi connectivity index (χ3v) is 7.11. The Bertz CT molecular complexity index is 822. The van der Waals surface area contributed by atoms with Crippen LogP contribution in [0.4, 0.5) is 0 Å². The predicted octanol–water partition coefficient (Wildman–Crippen LogP) is 5.32. The minimum absolute atomic E-state index is 0.0613. The van der Waals surface area contributed by atoms with Gasteiger partial charge < -0.3 is 15.2 Å². The van der Waals surface area contributed by atoms with Crippen LogP contribution in [0.25, 0.3) is 0 Å². The fourth-order valence-electron chi connectivity index (χ4n) is 4.97. The molecule has 0 heterocycles. The van der Waals surface area contributed by atoms with Gasteiger partial charge in [0, 0.05) is 25.2 Å². The number of aliphatic hydroxyl groups excluding tert-OH is 1. The van der Waals surface area contributed by atoms with Gasteiger partial charge >= 0.3 is 5.97 Å². The van der Waals surface area contributed by atoms with Crippen molar-refractivity contribution in [2.45, 2.75) is 103 Å². The smallest absolute Gasteiger partial charge is 0.328 e. The third kappa shape index (κ3) is 11.1. The van der Waals surface area contributed by atoms with Crippen molar-refractivity contribution in [2.24, 2.45) is 11.8 Å². The lowest BCUT2D eigenvalue weighted by molar-refractivity contribution is -0.145. The standard InChI is InChI=1S/C30H45NO5/c1-3-4-8-15-25(32)20-18-24-19-21-28(33)26(24)16-11-5-6-12-17-29(34)31-27(30(35)36-2)22-23-13-9-7-10-14-23/h7,9-10,13-14,18,20,24-27,32H,3-6,8,11-12,15-17,19,21-22H2,1-2H3,(H,31,34)/t24-,25+,26-,27-/m1/s1. The van der Waals surface area contributed by atoms with Crippen LogP contribution in [0.1, 0.15) is 89.5 Å². The summed E-state index contributed by atoms with van der Waals surface area (Å²) in [5, 5.41) is 13.0. The van der Waals surface area contributed by atoms with Crippen LogP contribution in [0.2, 0.25) is 0 Å². The van der Waals surface area contributed by atoms with Crippen LogP contribution < -0.4 is 5.32 Å². The van der Waals surface area contributed by atoms with E-state index in [0.717, 1.165) is 69.8 Å². The summed E-state index contributed by atoms with van der Waals surface area (Å²) in [6.45, 7) is 2.15. The molecule has 6 heteroatoms. The molecule has 36 heavy (non-hydrogen) atoms. The molecule has 0 aliphatic heterocycles. The van der Waals surface area contributed by atoms with E-state index in [2.05, 4.69) is 18.3 Å². The van der Waals surface area contributed by atoms with Crippen molar-refractivity contribution in [1.82, 2.24) is 5.32 Å². The van der Waals surface area contributed by atoms with Gasteiger partial charge in [-0.1, -0.05) is 87.9 Å². The summed E-state index contributed by atoms with van der Waals surface area (Å²) >= 11 is 0. The summed E-state index contributed by atoms with van der Waals surface area (Å²) in [6, 6.07) is 8.88. The Morgan fingerprint density at radius 2 is 1.86 bits per heavy atom. The summed E-state index contributed by atoms with van der Waals surface area (Å²) in [5.41, 5.74) is 0.966. The Morgan fingerprint density at radius 1 is 1.11 bits per heavy atom. The predicted molar refractivity (Wildman–Crippen MR) is 142 cm³/mol. The Morgan fingerprint density at radius 3 is 2.58 bits per heavy atom. The topological polar surface area (TPSA) is 92.7 Å². The molecule has 1 fully saturated rings. The number of unbranched alkanes of at least 4 members (excludes halogenated alkanes) is 5. The van der Waals surface area contributed by atoms with E-state index >= 15 is 0 Å². The number of aliphatic hydroxyl groups is 1. The zero-order valence-corrected chi connectivity index (χ0v) is 22.1. The molecular formula is C30H45NO5. The van der Waals surface area contributed by atoms with Crippen LogP contribution in [0, 0.1) is 11.8 Å². The van der Waals surface area contributed by atoms with E-state index in [1.807, 2.05) is 36.4 Å². The molecule has 0 saturated heterocycles. The molecule has 0 radical (unpaired) electrons. The normalized spacial score (nSPS) is 19.4. The molecule has 1 amide bonds. The Labute approximate surface area is 216 Å². The number of carbonyl (C=O) groups excluding carboxylic acids is 3. The van der Waals surface area contributed by atoms with Gasteiger partial charge in [-0.15, -0.1) is 0 Å². The van der Waals surface area contributed by atoms with E-state index in [-0.39, 0.29) is 17.7 Å². The fourth-order valence-corrected chi connectivity index (χ4v) is 4.97. The van der Waals surface area contributed by atoms with E-state index in [1.54, 1.807) is 0 Å². The lowest BCUT2D eigenvalue weighted by Crippen LogP contribution is -2.43. The molecule has 4 atom stereocenters. The van der Waals surface area contributed by atoms with Crippen molar-refractivity contribution < 1.29 is 24.2 Å². The lowest BCUT2D eigenvalue weighted by Gasteiger charge is -2.17. The van der Waals surface area contributed by atoms with E-state index in [0.29, 0.717) is 25.0 Å². The molecule has 2 N–H and O–H groups in total. The maximum atomic E-state index is 12.4. The van der Waals surface area contributed by atoms with Crippen molar-refractivity contribution >= 4 is 17.7 Å². The molecule has 0 bridgehead atoms. The summed E-state index contributed by atoms with van der Waals surface area (Å²) in [7, 11) is 1.33. The third-order valence-electron chi connectivity index (χ3n) is 7.11. The Kier molecular flexibility index (Phi) is 14.1. The highest BCUT2D eigenvalue weighted by atomic mass is 16.5. The quantitative estimate of drug-likeness (QED) is 0.172. The highest BCUT2D eigenvalue weighted by Gasteiger charge is 2.32. The minimum atomic E-state index is -0.687. The van der Waals surface area contributed by atoms with Gasteiger partial charge in [-0.25, -0.2) is 4.79 Å². The molecule has 1 saturated carbocycles. The zero-order chi connectivity index (χ0) is 26.2. The molecule has 2 rings (SSSR count). The molecule has 1 aliphatic rings. The van der Waals surface area contributed by atoms with E-state index < -0.39 is 18.1 Å². The number of amides is 1. The first kappa shape index (κ1) is 29.8. The van der Waals surface area contributed by atoms with Crippen LogP contribution in [0.5, 0.6) is 0 Å². The first-order valence-corrected chi connectivity index (χ1v) is 13.7. The van der Waals surface area contributed by atoms with Gasteiger partial charge in [-0.3, -0.25) is 9.59 Å². The summed E-state index contributed by atoms with van der Waals surface area (Å²) in [6.07, 6.45) is 14.4. The zero-order valence-electron chi connectivity index (χ0n) is 22.1. The van der Waals surface area contributed by atoms with Crippen molar-refractivity contribution in [1.29, 1.82) is 0 Å². The molecule has 6 nitrogen and oxygen atoms in total. The molecule has 0 unspecified atom stereocenters. The molecule has 1 aliphatic carbocycles. The highest BCUT2D eigenvalue weighted by molar-refractivity contribution is 5.84. The first-order chi connectivity index (χ1) is 17.4. The number of rotatable bonds is 17.